The molecule has 1 fully saturated rings. The number of aryl methyl sites for hydroxylation is 2. The molecule has 3 aromatic heterocycles. The number of rotatable bonds is 11. The van der Waals surface area contributed by atoms with Gasteiger partial charge in [-0.3, -0.25) is 19.4 Å². The summed E-state index contributed by atoms with van der Waals surface area (Å²) < 4.78 is 22.1. The Morgan fingerprint density at radius 1 is 1.21 bits per heavy atom. The first kappa shape index (κ1) is 28.4. The number of pyridine rings is 1. The van der Waals surface area contributed by atoms with Crippen LogP contribution in [0.25, 0.3) is 11.1 Å². The molecule has 210 valence electrons. The van der Waals surface area contributed by atoms with E-state index >= 15 is 4.39 Å². The van der Waals surface area contributed by atoms with Crippen LogP contribution in [0.3, 0.4) is 0 Å². The molecule has 1 aliphatic carbocycles. The molecule has 0 saturated heterocycles. The highest BCUT2D eigenvalue weighted by atomic mass is 19.1. The fraction of sp³-hybridized carbons (Fsp3) is 0.536. The van der Waals surface area contributed by atoms with Gasteiger partial charge in [0.25, 0.3) is 5.91 Å². The third kappa shape index (κ3) is 6.70. The van der Waals surface area contributed by atoms with E-state index in [-0.39, 0.29) is 17.6 Å². The molecule has 0 unspecified atom stereocenters. The lowest BCUT2D eigenvalue weighted by Crippen LogP contribution is -2.49. The molecule has 0 spiro atoms. The molecule has 0 aromatic carbocycles. The van der Waals surface area contributed by atoms with E-state index in [0.717, 1.165) is 37.1 Å². The maximum absolute atomic E-state index is 15.1. The summed E-state index contributed by atoms with van der Waals surface area (Å²) in [5, 5.41) is 17.0. The normalized spacial score (nSPS) is 18.1. The van der Waals surface area contributed by atoms with Crippen molar-refractivity contribution >= 4 is 17.6 Å². The number of amides is 2. The number of H-pyrrole nitrogens is 1. The Balaban J connectivity index is 1.52. The van der Waals surface area contributed by atoms with Crippen LogP contribution in [0, 0.1) is 24.7 Å². The topological polar surface area (TPSA) is 127 Å². The minimum Gasteiger partial charge on any atom is -0.380 e. The van der Waals surface area contributed by atoms with Gasteiger partial charge in [-0.15, -0.1) is 0 Å². The van der Waals surface area contributed by atoms with Crippen molar-refractivity contribution in [2.45, 2.75) is 72.4 Å². The lowest BCUT2D eigenvalue weighted by Gasteiger charge is -2.32. The molecule has 2 amide bonds. The Bertz CT molecular complexity index is 1280. The zero-order valence-corrected chi connectivity index (χ0v) is 23.1. The van der Waals surface area contributed by atoms with Crippen molar-refractivity contribution in [3.8, 4) is 11.1 Å². The summed E-state index contributed by atoms with van der Waals surface area (Å²) in [6, 6.07) is 4.00. The molecule has 1 aliphatic rings. The average molecular weight is 540 g/mol. The van der Waals surface area contributed by atoms with E-state index in [1.807, 2.05) is 20.8 Å². The number of hydrogen-bond acceptors (Lipinski definition) is 6. The molecule has 11 heteroatoms. The van der Waals surface area contributed by atoms with Crippen LogP contribution in [0.5, 0.6) is 0 Å². The zero-order valence-electron chi connectivity index (χ0n) is 23.1. The van der Waals surface area contributed by atoms with Gasteiger partial charge in [0.1, 0.15) is 17.6 Å². The minimum atomic E-state index is -0.799. The Labute approximate surface area is 228 Å². The number of carbonyl (C=O) groups excluding carboxylic acids is 2. The molecule has 1 atom stereocenters. The van der Waals surface area contributed by atoms with Crippen molar-refractivity contribution in [2.24, 2.45) is 11.8 Å². The lowest BCUT2D eigenvalue weighted by molar-refractivity contribution is -0.119. The van der Waals surface area contributed by atoms with Gasteiger partial charge in [0.2, 0.25) is 11.9 Å². The molecule has 0 aliphatic heterocycles. The second-order valence-corrected chi connectivity index (χ2v) is 10.2. The average Bonchev–Trinajstić information content (AvgIpc) is 3.54. The molecule has 0 radical (unpaired) electrons. The van der Waals surface area contributed by atoms with Crippen LogP contribution in [0.1, 0.15) is 68.3 Å². The molecule has 3 N–H and O–H groups in total. The molecule has 3 aromatic rings. The first-order chi connectivity index (χ1) is 18.8. The molecular formula is C28H38FN7O3. The Morgan fingerprint density at radius 3 is 2.67 bits per heavy atom. The van der Waals surface area contributed by atoms with Crippen molar-refractivity contribution in [3.63, 3.8) is 0 Å². The molecule has 3 heterocycles. The number of halogens is 1. The van der Waals surface area contributed by atoms with E-state index in [1.165, 1.54) is 0 Å². The maximum atomic E-state index is 15.1. The summed E-state index contributed by atoms with van der Waals surface area (Å²) in [5.41, 5.74) is 2.86. The number of nitrogens with one attached hydrogen (secondary N) is 3. The van der Waals surface area contributed by atoms with Crippen LogP contribution in [0.15, 0.2) is 24.4 Å². The number of ether oxygens (including phenoxy) is 1. The van der Waals surface area contributed by atoms with Gasteiger partial charge in [0, 0.05) is 29.6 Å². The van der Waals surface area contributed by atoms with E-state index < -0.39 is 17.9 Å². The first-order valence-corrected chi connectivity index (χ1v) is 13.7. The summed E-state index contributed by atoms with van der Waals surface area (Å²) in [4.78, 5) is 30.8. The number of nitrogens with zero attached hydrogens (tertiary/aromatic N) is 4. The van der Waals surface area contributed by atoms with Crippen molar-refractivity contribution in [1.29, 1.82) is 0 Å². The summed E-state index contributed by atoms with van der Waals surface area (Å²) in [5.74, 6) is -0.891. The number of aromatic amines is 1. The third-order valence-corrected chi connectivity index (χ3v) is 7.43. The Morgan fingerprint density at radius 2 is 1.97 bits per heavy atom. The van der Waals surface area contributed by atoms with Gasteiger partial charge < -0.3 is 15.4 Å². The Kier molecular flexibility index (Phi) is 9.45. The highest BCUT2D eigenvalue weighted by Gasteiger charge is 2.33. The van der Waals surface area contributed by atoms with E-state index in [1.54, 1.807) is 29.1 Å². The van der Waals surface area contributed by atoms with E-state index in [2.05, 4.69) is 37.8 Å². The van der Waals surface area contributed by atoms with Crippen LogP contribution >= 0.6 is 0 Å². The predicted octanol–water partition coefficient (Wildman–Crippen LogP) is 4.28. The SMILES string of the molecule is CCOCCn1nccc1C(=O)N[C@H](C(=O)Nc1ccc(-c2c(CC)n[nH]c2C)c(F)n1)C1CCC(C)CC1. The maximum Gasteiger partial charge on any atom is 0.270 e. The van der Waals surface area contributed by atoms with Crippen LogP contribution in [0.2, 0.25) is 0 Å². The lowest BCUT2D eigenvalue weighted by atomic mass is 9.79. The fourth-order valence-electron chi connectivity index (χ4n) is 5.22. The summed E-state index contributed by atoms with van der Waals surface area (Å²) in [7, 11) is 0. The van der Waals surface area contributed by atoms with Gasteiger partial charge in [-0.2, -0.15) is 14.6 Å². The highest BCUT2D eigenvalue weighted by Crippen LogP contribution is 2.32. The Hall–Kier alpha value is -3.60. The minimum absolute atomic E-state index is 0.0465. The van der Waals surface area contributed by atoms with Crippen molar-refractivity contribution in [3.05, 3.63) is 47.4 Å². The molecule has 1 saturated carbocycles. The van der Waals surface area contributed by atoms with Gasteiger partial charge in [0.15, 0.2) is 0 Å². The van der Waals surface area contributed by atoms with Crippen molar-refractivity contribution in [1.82, 2.24) is 30.3 Å². The van der Waals surface area contributed by atoms with Crippen molar-refractivity contribution in [2.75, 3.05) is 18.5 Å². The third-order valence-electron chi connectivity index (χ3n) is 7.43. The quantitative estimate of drug-likeness (QED) is 0.247. The summed E-state index contributed by atoms with van der Waals surface area (Å²) in [6.07, 6.45) is 5.76. The first-order valence-electron chi connectivity index (χ1n) is 13.7. The molecular weight excluding hydrogens is 501 g/mol. The molecule has 10 nitrogen and oxygen atoms in total. The highest BCUT2D eigenvalue weighted by molar-refractivity contribution is 6.00. The van der Waals surface area contributed by atoms with Crippen LogP contribution in [0.4, 0.5) is 10.2 Å². The van der Waals surface area contributed by atoms with E-state index in [0.29, 0.717) is 48.9 Å². The number of hydrogen-bond donors (Lipinski definition) is 3. The zero-order chi connectivity index (χ0) is 27.9. The number of aromatic nitrogens is 5. The van der Waals surface area contributed by atoms with Crippen molar-refractivity contribution < 1.29 is 18.7 Å². The second-order valence-electron chi connectivity index (χ2n) is 10.2. The van der Waals surface area contributed by atoms with Gasteiger partial charge in [-0.1, -0.05) is 26.7 Å². The van der Waals surface area contributed by atoms with Gasteiger partial charge in [-0.25, -0.2) is 4.98 Å². The smallest absolute Gasteiger partial charge is 0.270 e. The van der Waals surface area contributed by atoms with E-state index in [9.17, 15) is 9.59 Å². The van der Waals surface area contributed by atoms with Crippen LogP contribution in [-0.4, -0.2) is 56.0 Å². The fourth-order valence-corrected chi connectivity index (χ4v) is 5.22. The summed E-state index contributed by atoms with van der Waals surface area (Å²) >= 11 is 0. The van der Waals surface area contributed by atoms with Gasteiger partial charge in [-0.05, 0) is 63.1 Å². The van der Waals surface area contributed by atoms with Crippen LogP contribution < -0.4 is 10.6 Å². The molecule has 0 bridgehead atoms. The molecule has 4 rings (SSSR count). The van der Waals surface area contributed by atoms with Crippen LogP contribution in [-0.2, 0) is 22.5 Å². The van der Waals surface area contributed by atoms with Gasteiger partial charge in [0.05, 0.1) is 18.8 Å². The number of carbonyl (C=O) groups is 2. The van der Waals surface area contributed by atoms with Gasteiger partial charge >= 0.3 is 0 Å². The standard InChI is InChI=1S/C28H38FN7O3/c1-5-21-24(18(4)34-35-21)20-11-12-23(31-26(20)29)32-28(38)25(19-9-7-17(3)8-10-19)33-27(37)22-13-14-30-36(22)15-16-39-6-2/h11-14,17,19,25H,5-10,15-16H2,1-4H3,(H,33,37)(H,34,35)(H,31,32,38)/t17?,19?,25-/m0/s1. The largest absolute Gasteiger partial charge is 0.380 e. The second kappa shape index (κ2) is 13.0. The predicted molar refractivity (Wildman–Crippen MR) is 146 cm³/mol. The summed E-state index contributed by atoms with van der Waals surface area (Å²) in [6.45, 7) is 9.30. The monoisotopic (exact) mass is 539 g/mol. The number of anilines is 1. The van der Waals surface area contributed by atoms with E-state index in [4.69, 9.17) is 4.74 Å². The molecule has 39 heavy (non-hydrogen) atoms.